The highest BCUT2D eigenvalue weighted by atomic mass is 35.5. The molecule has 6 nitrogen and oxygen atoms in total. The molecule has 1 heterocycles. The molecule has 1 aromatic heterocycles. The number of rotatable bonds is 8. The number of ether oxygens (including phenoxy) is 1. The van der Waals surface area contributed by atoms with Gasteiger partial charge in [0.1, 0.15) is 5.75 Å². The summed E-state index contributed by atoms with van der Waals surface area (Å²) in [6, 6.07) is 20.4. The predicted octanol–water partition coefficient (Wildman–Crippen LogP) is 5.10. The third-order valence-electron chi connectivity index (χ3n) is 5.15. The van der Waals surface area contributed by atoms with Crippen LogP contribution in [-0.2, 0) is 17.8 Å². The molecule has 7 heteroatoms. The van der Waals surface area contributed by atoms with E-state index in [9.17, 15) is 14.7 Å². The van der Waals surface area contributed by atoms with Crippen molar-refractivity contribution in [2.24, 2.45) is 0 Å². The average molecular weight is 450 g/mol. The quantitative estimate of drug-likeness (QED) is 0.391. The number of fused-ring (bicyclic) bond motifs is 1. The molecule has 0 saturated heterocycles. The Bertz CT molecular complexity index is 1310. The molecule has 3 aromatic carbocycles. The highest BCUT2D eigenvalue weighted by Crippen LogP contribution is 2.24. The van der Waals surface area contributed by atoms with Crippen LogP contribution in [0.2, 0.25) is 5.02 Å². The van der Waals surface area contributed by atoms with Gasteiger partial charge >= 0.3 is 11.9 Å². The van der Waals surface area contributed by atoms with E-state index in [4.69, 9.17) is 21.4 Å². The first-order valence-corrected chi connectivity index (χ1v) is 10.3. The van der Waals surface area contributed by atoms with E-state index >= 15 is 0 Å². The first-order valence-electron chi connectivity index (χ1n) is 9.92. The molecule has 162 valence electrons. The molecule has 0 amide bonds. The zero-order chi connectivity index (χ0) is 22.7. The maximum Gasteiger partial charge on any atom is 0.341 e. The van der Waals surface area contributed by atoms with Gasteiger partial charge in [-0.2, -0.15) is 0 Å². The van der Waals surface area contributed by atoms with Crippen LogP contribution in [0.15, 0.2) is 72.9 Å². The zero-order valence-electron chi connectivity index (χ0n) is 17.0. The van der Waals surface area contributed by atoms with Gasteiger partial charge in [-0.25, -0.2) is 9.59 Å². The number of aromatic nitrogens is 1. The molecule has 4 aromatic rings. The molecule has 4 rings (SSSR count). The van der Waals surface area contributed by atoms with Crippen molar-refractivity contribution in [1.29, 1.82) is 0 Å². The second kappa shape index (κ2) is 9.16. The van der Waals surface area contributed by atoms with Gasteiger partial charge in [0.05, 0.1) is 5.56 Å². The van der Waals surface area contributed by atoms with Crippen molar-refractivity contribution in [2.45, 2.75) is 13.0 Å². The maximum atomic E-state index is 11.6. The van der Waals surface area contributed by atoms with Crippen LogP contribution in [0, 0.1) is 0 Å². The van der Waals surface area contributed by atoms with Gasteiger partial charge in [-0.1, -0.05) is 35.9 Å². The minimum Gasteiger partial charge on any atom is -0.482 e. The second-order valence-corrected chi connectivity index (χ2v) is 7.89. The van der Waals surface area contributed by atoms with Gasteiger partial charge in [-0.05, 0) is 71.0 Å². The molecule has 0 bridgehead atoms. The highest BCUT2D eigenvalue weighted by Gasteiger charge is 2.12. The van der Waals surface area contributed by atoms with Crippen LogP contribution >= 0.6 is 11.6 Å². The van der Waals surface area contributed by atoms with Gasteiger partial charge < -0.3 is 19.5 Å². The minimum atomic E-state index is -1.02. The topological polar surface area (TPSA) is 88.8 Å². The summed E-state index contributed by atoms with van der Waals surface area (Å²) >= 11 is 5.95. The lowest BCUT2D eigenvalue weighted by molar-refractivity contribution is -0.139. The summed E-state index contributed by atoms with van der Waals surface area (Å²) in [6.07, 6.45) is 2.48. The molecule has 2 N–H and O–H groups in total. The Morgan fingerprint density at radius 1 is 0.938 bits per heavy atom. The first-order chi connectivity index (χ1) is 15.4. The molecular formula is C25H20ClNO5. The Hall–Kier alpha value is -3.77. The number of aliphatic carboxylic acids is 1. The van der Waals surface area contributed by atoms with E-state index < -0.39 is 11.9 Å². The van der Waals surface area contributed by atoms with Crippen LogP contribution in [0.5, 0.6) is 5.75 Å². The van der Waals surface area contributed by atoms with Crippen molar-refractivity contribution in [3.05, 3.63) is 100 Å². The lowest BCUT2D eigenvalue weighted by Crippen LogP contribution is -2.09. The molecule has 0 aliphatic heterocycles. The maximum absolute atomic E-state index is 11.6. The molecule has 0 saturated carbocycles. The number of hydrogen-bond donors (Lipinski definition) is 2. The monoisotopic (exact) mass is 449 g/mol. The van der Waals surface area contributed by atoms with E-state index in [0.29, 0.717) is 29.3 Å². The Morgan fingerprint density at radius 2 is 1.78 bits per heavy atom. The predicted molar refractivity (Wildman–Crippen MR) is 122 cm³/mol. The van der Waals surface area contributed by atoms with Crippen molar-refractivity contribution in [3.63, 3.8) is 0 Å². The minimum absolute atomic E-state index is 0.208. The number of carbonyl (C=O) groups is 2. The van der Waals surface area contributed by atoms with Crippen LogP contribution in [0.1, 0.15) is 27.0 Å². The van der Waals surface area contributed by atoms with Crippen molar-refractivity contribution >= 4 is 34.4 Å². The number of aromatic carboxylic acids is 1. The molecule has 0 aliphatic rings. The van der Waals surface area contributed by atoms with Crippen molar-refractivity contribution in [2.75, 3.05) is 6.61 Å². The fourth-order valence-electron chi connectivity index (χ4n) is 3.69. The summed E-state index contributed by atoms with van der Waals surface area (Å²) in [4.78, 5) is 22.3. The second-order valence-electron chi connectivity index (χ2n) is 7.45. The average Bonchev–Trinajstić information content (AvgIpc) is 3.15. The van der Waals surface area contributed by atoms with Crippen molar-refractivity contribution in [3.8, 4) is 5.75 Å². The summed E-state index contributed by atoms with van der Waals surface area (Å²) < 4.78 is 7.36. The number of nitrogens with zero attached hydrogens (tertiary/aromatic N) is 1. The van der Waals surface area contributed by atoms with E-state index in [1.54, 1.807) is 18.2 Å². The SMILES string of the molecule is O=C(O)COc1cccc(Cn2ccc3cc(Cc4ccc(Cl)cc4C(=O)O)ccc32)c1. The summed E-state index contributed by atoms with van der Waals surface area (Å²) in [5, 5.41) is 19.7. The van der Waals surface area contributed by atoms with E-state index in [2.05, 4.69) is 10.6 Å². The number of hydrogen-bond acceptors (Lipinski definition) is 3. The van der Waals surface area contributed by atoms with E-state index in [1.807, 2.05) is 42.6 Å². The van der Waals surface area contributed by atoms with Crippen LogP contribution in [-0.4, -0.2) is 33.3 Å². The third-order valence-corrected chi connectivity index (χ3v) is 5.38. The zero-order valence-corrected chi connectivity index (χ0v) is 17.7. The molecule has 0 unspecified atom stereocenters. The van der Waals surface area contributed by atoms with Crippen molar-refractivity contribution < 1.29 is 24.5 Å². The number of halogens is 1. The highest BCUT2D eigenvalue weighted by molar-refractivity contribution is 6.31. The van der Waals surface area contributed by atoms with Crippen LogP contribution < -0.4 is 4.74 Å². The Labute approximate surface area is 189 Å². The summed E-state index contributed by atoms with van der Waals surface area (Å²) in [7, 11) is 0. The van der Waals surface area contributed by atoms with Crippen LogP contribution in [0.25, 0.3) is 10.9 Å². The molecule has 0 atom stereocenters. The van der Waals surface area contributed by atoms with E-state index in [-0.39, 0.29) is 12.2 Å². The Morgan fingerprint density at radius 3 is 2.56 bits per heavy atom. The van der Waals surface area contributed by atoms with Gasteiger partial charge in [0.15, 0.2) is 6.61 Å². The lowest BCUT2D eigenvalue weighted by Gasteiger charge is -2.10. The molecule has 0 aliphatic carbocycles. The molecule has 0 radical (unpaired) electrons. The molecular weight excluding hydrogens is 430 g/mol. The van der Waals surface area contributed by atoms with Gasteiger partial charge in [-0.3, -0.25) is 0 Å². The Balaban J connectivity index is 1.55. The van der Waals surface area contributed by atoms with Crippen LogP contribution in [0.3, 0.4) is 0 Å². The Kier molecular flexibility index (Phi) is 6.14. The molecule has 0 fully saturated rings. The summed E-state index contributed by atoms with van der Waals surface area (Å²) in [6.45, 7) is 0.226. The smallest absolute Gasteiger partial charge is 0.341 e. The lowest BCUT2D eigenvalue weighted by atomic mass is 9.99. The standard InChI is InChI=1S/C25H20ClNO5/c26-20-6-5-18(22(13-20)25(30)31)10-16-4-7-23-19(11-16)8-9-27(23)14-17-2-1-3-21(12-17)32-15-24(28)29/h1-9,11-13H,10,14-15H2,(H,28,29)(H,30,31). The van der Waals surface area contributed by atoms with E-state index in [0.717, 1.165) is 22.0 Å². The van der Waals surface area contributed by atoms with Gasteiger partial charge in [-0.15, -0.1) is 0 Å². The fourth-order valence-corrected chi connectivity index (χ4v) is 3.87. The fraction of sp³-hybridized carbons (Fsp3) is 0.120. The van der Waals surface area contributed by atoms with Gasteiger partial charge in [0, 0.05) is 23.3 Å². The normalized spacial score (nSPS) is 10.9. The summed E-state index contributed by atoms with van der Waals surface area (Å²) in [5.74, 6) is -1.50. The number of benzene rings is 3. The summed E-state index contributed by atoms with van der Waals surface area (Å²) in [5.41, 5.74) is 3.95. The van der Waals surface area contributed by atoms with Gasteiger partial charge in [0.25, 0.3) is 0 Å². The van der Waals surface area contributed by atoms with Gasteiger partial charge in [0.2, 0.25) is 0 Å². The largest absolute Gasteiger partial charge is 0.482 e. The van der Waals surface area contributed by atoms with E-state index in [1.165, 1.54) is 6.07 Å². The third kappa shape index (κ3) is 4.92. The first kappa shape index (κ1) is 21.5. The van der Waals surface area contributed by atoms with Crippen molar-refractivity contribution in [1.82, 2.24) is 4.57 Å². The number of carboxylic acid groups (broad SMARTS) is 2. The molecule has 32 heavy (non-hydrogen) atoms. The number of carboxylic acids is 2. The van der Waals surface area contributed by atoms with Crippen LogP contribution in [0.4, 0.5) is 0 Å². The molecule has 0 spiro atoms.